The maximum atomic E-state index is 12.5. The number of anilines is 2. The van der Waals surface area contributed by atoms with Crippen LogP contribution in [0.5, 0.6) is 0 Å². The molecule has 0 saturated heterocycles. The van der Waals surface area contributed by atoms with Gasteiger partial charge in [-0.2, -0.15) is 0 Å². The number of carboxylic acids is 2. The largest absolute Gasteiger partial charge is 0.508 e. The third kappa shape index (κ3) is 5.58. The van der Waals surface area contributed by atoms with E-state index in [2.05, 4.69) is 10.6 Å². The van der Waals surface area contributed by atoms with Crippen molar-refractivity contribution in [3.05, 3.63) is 52.4 Å². The predicted octanol–water partition coefficient (Wildman–Crippen LogP) is 3.15. The van der Waals surface area contributed by atoms with Crippen molar-refractivity contribution in [2.45, 2.75) is 38.4 Å². The van der Waals surface area contributed by atoms with Crippen LogP contribution in [0.3, 0.4) is 0 Å². The average molecular weight is 460 g/mol. The average Bonchev–Trinajstić information content (AvgIpc) is 3.21. The van der Waals surface area contributed by atoms with Gasteiger partial charge in [-0.3, -0.25) is 9.59 Å². The number of aliphatic hydroxyl groups excluding tert-OH is 1. The van der Waals surface area contributed by atoms with Crippen LogP contribution in [0.4, 0.5) is 10.7 Å². The molecule has 0 fully saturated rings. The van der Waals surface area contributed by atoms with Crippen LogP contribution in [0, 0.1) is 0 Å². The maximum absolute atomic E-state index is 12.5. The van der Waals surface area contributed by atoms with Gasteiger partial charge >= 0.3 is 11.9 Å². The summed E-state index contributed by atoms with van der Waals surface area (Å²) in [7, 11) is 1.87. The fourth-order valence-corrected chi connectivity index (χ4v) is 4.27. The molecule has 170 valence electrons. The quantitative estimate of drug-likeness (QED) is 0.385. The van der Waals surface area contributed by atoms with Crippen LogP contribution in [0.1, 0.15) is 40.6 Å². The molecule has 1 aliphatic heterocycles. The van der Waals surface area contributed by atoms with Gasteiger partial charge < -0.3 is 30.9 Å². The van der Waals surface area contributed by atoms with E-state index in [9.17, 15) is 24.6 Å². The van der Waals surface area contributed by atoms with Crippen molar-refractivity contribution in [2.24, 2.45) is 0 Å². The molecule has 0 bridgehead atoms. The second kappa shape index (κ2) is 9.73. The first kappa shape index (κ1) is 23.1. The van der Waals surface area contributed by atoms with Crippen LogP contribution in [-0.2, 0) is 16.1 Å². The number of aliphatic hydroxyl groups is 1. The van der Waals surface area contributed by atoms with Gasteiger partial charge in [-0.1, -0.05) is 6.07 Å². The van der Waals surface area contributed by atoms with Gasteiger partial charge in [-0.25, -0.2) is 4.79 Å². The van der Waals surface area contributed by atoms with E-state index in [4.69, 9.17) is 5.11 Å². The monoisotopic (exact) mass is 459 g/mol. The zero-order valence-electron chi connectivity index (χ0n) is 17.7. The molecule has 3 rings (SSSR count). The summed E-state index contributed by atoms with van der Waals surface area (Å²) >= 11 is 1.21. The Morgan fingerprint density at radius 3 is 2.66 bits per heavy atom. The highest BCUT2D eigenvalue weighted by Gasteiger charge is 2.23. The minimum atomic E-state index is -1.28. The lowest BCUT2D eigenvalue weighted by Crippen LogP contribution is -2.40. The van der Waals surface area contributed by atoms with Gasteiger partial charge in [-0.15, -0.1) is 11.3 Å². The van der Waals surface area contributed by atoms with Gasteiger partial charge in [-0.05, 0) is 49.2 Å². The summed E-state index contributed by atoms with van der Waals surface area (Å²) in [6.07, 6.45) is 1.21. The normalized spacial score (nSPS) is 15.7. The molecule has 1 amide bonds. The molecular formula is C22H25N3O6S. The summed E-state index contributed by atoms with van der Waals surface area (Å²) < 4.78 is 0. The zero-order valence-corrected chi connectivity index (χ0v) is 18.5. The van der Waals surface area contributed by atoms with Crippen molar-refractivity contribution in [3.63, 3.8) is 0 Å². The number of carbonyl (C=O) groups excluding carboxylic acids is 1. The Balaban J connectivity index is 1.66. The van der Waals surface area contributed by atoms with Crippen LogP contribution < -0.4 is 15.5 Å². The summed E-state index contributed by atoms with van der Waals surface area (Å²) in [5.74, 6) is -2.72. The highest BCUT2D eigenvalue weighted by Crippen LogP contribution is 2.31. The number of carboxylic acid groups (broad SMARTS) is 2. The van der Waals surface area contributed by atoms with E-state index in [0.717, 1.165) is 21.8 Å². The zero-order chi connectivity index (χ0) is 23.4. The summed E-state index contributed by atoms with van der Waals surface area (Å²) in [6, 6.07) is 7.97. The number of hydrogen-bond donors (Lipinski definition) is 5. The Hall–Kier alpha value is -3.53. The molecule has 0 aliphatic carbocycles. The molecule has 2 atom stereocenters. The van der Waals surface area contributed by atoms with Crippen molar-refractivity contribution in [1.82, 2.24) is 5.32 Å². The Labute approximate surface area is 189 Å². The van der Waals surface area contributed by atoms with Gasteiger partial charge in [0.05, 0.1) is 9.88 Å². The molecule has 9 nitrogen and oxygen atoms in total. The first-order valence-corrected chi connectivity index (χ1v) is 10.8. The van der Waals surface area contributed by atoms with E-state index in [0.29, 0.717) is 11.4 Å². The summed E-state index contributed by atoms with van der Waals surface area (Å²) in [5, 5.41) is 34.7. The number of hydrogen-bond acceptors (Lipinski definition) is 7. The minimum Gasteiger partial charge on any atom is -0.508 e. The smallest absolute Gasteiger partial charge is 0.326 e. The summed E-state index contributed by atoms with van der Waals surface area (Å²) in [5.41, 5.74) is 2.58. The first-order valence-electron chi connectivity index (χ1n) is 10.0. The molecule has 0 saturated carbocycles. The molecule has 2 aromatic rings. The Morgan fingerprint density at radius 2 is 1.97 bits per heavy atom. The molecule has 2 heterocycles. The Morgan fingerprint density at radius 1 is 1.22 bits per heavy atom. The molecule has 10 heteroatoms. The number of fused-ring (bicyclic) bond motifs is 1. The Bertz CT molecular complexity index is 1060. The highest BCUT2D eigenvalue weighted by molar-refractivity contribution is 7.17. The standard InChI is InChI=1S/C22H25N3O6S/c1-12-9-17(26)14-10-13(3-4-15(14)23-12)11-25(2)19-7-6-18(32-19)21(29)24-16(22(30)31)5-8-20(27)28/h3-4,6-7,9-10,12,16,23,26H,5,8,11H2,1-2H3,(H,24,29)(H,27,28)(H,30,31)/t12?,16-/m0/s1. The lowest BCUT2D eigenvalue weighted by molar-refractivity contribution is -0.140. The molecule has 0 spiro atoms. The predicted molar refractivity (Wildman–Crippen MR) is 122 cm³/mol. The van der Waals surface area contributed by atoms with Crippen LogP contribution >= 0.6 is 11.3 Å². The fraction of sp³-hybridized carbons (Fsp3) is 0.318. The lowest BCUT2D eigenvalue weighted by Gasteiger charge is -2.23. The van der Waals surface area contributed by atoms with E-state index >= 15 is 0 Å². The number of carbonyl (C=O) groups is 3. The van der Waals surface area contributed by atoms with E-state index in [1.165, 1.54) is 11.3 Å². The topological polar surface area (TPSA) is 139 Å². The number of aliphatic carboxylic acids is 2. The lowest BCUT2D eigenvalue weighted by atomic mass is 10.0. The second-order valence-electron chi connectivity index (χ2n) is 7.66. The van der Waals surface area contributed by atoms with Gasteiger partial charge in [0, 0.05) is 37.3 Å². The van der Waals surface area contributed by atoms with Crippen molar-refractivity contribution in [1.29, 1.82) is 0 Å². The molecular weight excluding hydrogens is 434 g/mol. The number of nitrogens with one attached hydrogen (secondary N) is 2. The summed E-state index contributed by atoms with van der Waals surface area (Å²) in [6.45, 7) is 2.49. The number of nitrogens with zero attached hydrogens (tertiary/aromatic N) is 1. The molecule has 1 aromatic heterocycles. The third-order valence-electron chi connectivity index (χ3n) is 5.01. The van der Waals surface area contributed by atoms with E-state index in [1.807, 2.05) is 37.1 Å². The van der Waals surface area contributed by atoms with Crippen LogP contribution in [0.15, 0.2) is 36.4 Å². The van der Waals surface area contributed by atoms with Crippen LogP contribution in [0.25, 0.3) is 5.76 Å². The van der Waals surface area contributed by atoms with Gasteiger partial charge in [0.1, 0.15) is 11.8 Å². The maximum Gasteiger partial charge on any atom is 0.326 e. The third-order valence-corrected chi connectivity index (χ3v) is 6.21. The van der Waals surface area contributed by atoms with Gasteiger partial charge in [0.2, 0.25) is 0 Å². The van der Waals surface area contributed by atoms with Crippen molar-refractivity contribution < 1.29 is 29.7 Å². The summed E-state index contributed by atoms with van der Waals surface area (Å²) in [4.78, 5) is 36.7. The fourth-order valence-electron chi connectivity index (χ4n) is 3.40. The number of thiophene rings is 1. The van der Waals surface area contributed by atoms with Gasteiger partial charge in [0.15, 0.2) is 0 Å². The number of amides is 1. The number of rotatable bonds is 9. The molecule has 32 heavy (non-hydrogen) atoms. The van der Waals surface area contributed by atoms with E-state index in [-0.39, 0.29) is 24.6 Å². The molecule has 1 unspecified atom stereocenters. The molecule has 1 aromatic carbocycles. The highest BCUT2D eigenvalue weighted by atomic mass is 32.1. The molecule has 0 radical (unpaired) electrons. The van der Waals surface area contributed by atoms with E-state index in [1.54, 1.807) is 18.2 Å². The SMILES string of the molecule is CC1C=C(O)c2cc(CN(C)c3ccc(C(=O)N[C@@H](CCC(=O)O)C(=O)O)s3)ccc2N1. The van der Waals surface area contributed by atoms with Crippen molar-refractivity contribution >= 4 is 45.6 Å². The van der Waals surface area contributed by atoms with Crippen LogP contribution in [-0.4, -0.2) is 52.3 Å². The second-order valence-corrected chi connectivity index (χ2v) is 8.72. The van der Waals surface area contributed by atoms with Crippen molar-refractivity contribution in [2.75, 3.05) is 17.3 Å². The Kier molecular flexibility index (Phi) is 7.04. The molecule has 1 aliphatic rings. The number of benzene rings is 1. The minimum absolute atomic E-state index is 0.0524. The molecule has 5 N–H and O–H groups in total. The van der Waals surface area contributed by atoms with Gasteiger partial charge in [0.25, 0.3) is 5.91 Å². The first-order chi connectivity index (χ1) is 15.1. The van der Waals surface area contributed by atoms with Crippen molar-refractivity contribution in [3.8, 4) is 0 Å². The van der Waals surface area contributed by atoms with Crippen LogP contribution in [0.2, 0.25) is 0 Å². The van der Waals surface area contributed by atoms with E-state index < -0.39 is 23.9 Å².